The number of hydrogen-bond donors (Lipinski definition) is 1. The van der Waals surface area contributed by atoms with E-state index in [0.717, 1.165) is 23.7 Å². The van der Waals surface area contributed by atoms with Gasteiger partial charge in [0.25, 0.3) is 0 Å². The summed E-state index contributed by atoms with van der Waals surface area (Å²) < 4.78 is 32.9. The summed E-state index contributed by atoms with van der Waals surface area (Å²) in [5.74, 6) is 1.51. The topological polar surface area (TPSA) is 72.8 Å². The Morgan fingerprint density at radius 2 is 1.62 bits per heavy atom. The van der Waals surface area contributed by atoms with Crippen molar-refractivity contribution in [2.45, 2.75) is 12.8 Å². The maximum atomic E-state index is 11.5. The van der Waals surface area contributed by atoms with Gasteiger partial charge in [0, 0.05) is 161 Å². The molecule has 0 heterocycles. The fraction of sp³-hybridized carbons (Fsp3) is 0.250. The molecule has 0 fully saturated rings. The second-order valence-corrected chi connectivity index (χ2v) is 8.48. The smallest absolute Gasteiger partial charge is 0.457 e. The quantitative estimate of drug-likeness (QED) is 0.469. The molecule has 0 aliphatic rings. The van der Waals surface area contributed by atoms with Gasteiger partial charge >= 0.3 is 15.6 Å². The van der Waals surface area contributed by atoms with Crippen LogP contribution >= 0.6 is 15.6 Å². The third-order valence-corrected chi connectivity index (χ3v) is 5.55. The Bertz CT molecular complexity index is 710. The molecule has 2 aromatic carbocycles. The monoisotopic (exact) mass is 470 g/mol. The van der Waals surface area contributed by atoms with E-state index in [9.17, 15) is 9.13 Å². The standard InChI is InChI=1S/C16H18O5P2.3K/c1-23(18,19)21-22(17)12-6-8-14-7-5-11-16(13-14)20-15-9-3-2-4-10-15;;;/h2-5,7,9-11,13H,6,8,12H2,1H3;;;/p+1. The number of aryl methyl sites for hydroxylation is 1. The minimum absolute atomic E-state index is 0. The molecule has 5 nitrogen and oxygen atoms in total. The van der Waals surface area contributed by atoms with E-state index < -0.39 is 15.6 Å². The number of ether oxygens (including phenoxy) is 1. The average Bonchev–Trinajstić information content (AvgIpc) is 2.47. The Labute approximate surface area is 283 Å². The van der Waals surface area contributed by atoms with E-state index in [0.29, 0.717) is 12.8 Å². The van der Waals surface area contributed by atoms with Gasteiger partial charge in [-0.25, -0.2) is 0 Å². The molecule has 26 heavy (non-hydrogen) atoms. The van der Waals surface area contributed by atoms with Crippen molar-refractivity contribution in [1.82, 2.24) is 0 Å². The molecule has 2 rings (SSSR count). The maximum absolute atomic E-state index is 11.5. The predicted octanol–water partition coefficient (Wildman–Crippen LogP) is 3.84. The molecule has 10 heteroatoms. The number of hydrogen-bond acceptors (Lipinski definition) is 4. The van der Waals surface area contributed by atoms with Gasteiger partial charge in [0.15, 0.2) is 6.16 Å². The molecule has 0 saturated carbocycles. The Morgan fingerprint density at radius 1 is 1.00 bits per heavy atom. The van der Waals surface area contributed by atoms with E-state index in [4.69, 9.17) is 9.63 Å². The van der Waals surface area contributed by atoms with Gasteiger partial charge in [0.2, 0.25) is 0 Å². The van der Waals surface area contributed by atoms with Crippen molar-refractivity contribution in [2.75, 3.05) is 12.8 Å². The zero-order valence-electron chi connectivity index (χ0n) is 15.8. The fourth-order valence-corrected chi connectivity index (χ4v) is 4.11. The average molecular weight is 471 g/mol. The zero-order valence-corrected chi connectivity index (χ0v) is 27.0. The first kappa shape index (κ1) is 31.6. The van der Waals surface area contributed by atoms with Crippen molar-refractivity contribution >= 4 is 170 Å². The summed E-state index contributed by atoms with van der Waals surface area (Å²) in [5.41, 5.74) is 1.05. The van der Waals surface area contributed by atoms with Crippen LogP contribution in [-0.2, 0) is 19.9 Å². The molecule has 0 aliphatic heterocycles. The van der Waals surface area contributed by atoms with Crippen molar-refractivity contribution in [2.24, 2.45) is 0 Å². The molecule has 0 aliphatic carbocycles. The molecule has 0 amide bonds. The van der Waals surface area contributed by atoms with Gasteiger partial charge in [-0.2, -0.15) is 0 Å². The third kappa shape index (κ3) is 14.4. The van der Waals surface area contributed by atoms with E-state index in [1.807, 2.05) is 54.6 Å². The normalized spacial score (nSPS) is 12.5. The summed E-state index contributed by atoms with van der Waals surface area (Å²) in [6.07, 6.45) is 1.54. The van der Waals surface area contributed by atoms with Crippen molar-refractivity contribution < 1.29 is 23.1 Å². The van der Waals surface area contributed by atoms with E-state index in [1.54, 1.807) is 0 Å². The van der Waals surface area contributed by atoms with Crippen LogP contribution in [0, 0.1) is 0 Å². The van der Waals surface area contributed by atoms with Crippen LogP contribution in [-0.4, -0.2) is 172 Å². The molecule has 0 aromatic heterocycles. The van der Waals surface area contributed by atoms with Crippen LogP contribution in [0.4, 0.5) is 0 Å². The van der Waals surface area contributed by atoms with E-state index in [-0.39, 0.29) is 160 Å². The second kappa shape index (κ2) is 17.0. The van der Waals surface area contributed by atoms with Crippen molar-refractivity contribution in [1.29, 1.82) is 0 Å². The van der Waals surface area contributed by atoms with Gasteiger partial charge in [0.05, 0.1) is 0 Å². The molecular formula is C16H19K3O5P2+. The number of para-hydroxylation sites is 1. The molecular weight excluding hydrogens is 451 g/mol. The van der Waals surface area contributed by atoms with E-state index in [2.05, 4.69) is 4.31 Å². The molecule has 2 atom stereocenters. The van der Waals surface area contributed by atoms with Gasteiger partial charge in [-0.3, -0.25) is 4.57 Å². The summed E-state index contributed by atoms with van der Waals surface area (Å²) in [4.78, 5) is 9.01. The molecule has 0 spiro atoms. The van der Waals surface area contributed by atoms with Gasteiger partial charge in [0.1, 0.15) is 11.5 Å². The molecule has 1 N–H and O–H groups in total. The van der Waals surface area contributed by atoms with Gasteiger partial charge in [-0.15, -0.1) is 0 Å². The molecule has 2 aromatic rings. The Kier molecular flexibility index (Phi) is 20.7. The second-order valence-electron chi connectivity index (χ2n) is 5.11. The molecule has 125 valence electrons. The Hall–Kier alpha value is 3.40. The van der Waals surface area contributed by atoms with Crippen LogP contribution in [0.25, 0.3) is 0 Å². The van der Waals surface area contributed by atoms with Crippen LogP contribution in [0.5, 0.6) is 11.5 Å². The first-order valence-electron chi connectivity index (χ1n) is 7.19. The van der Waals surface area contributed by atoms with Gasteiger partial charge in [-0.05, 0) is 47.2 Å². The van der Waals surface area contributed by atoms with E-state index >= 15 is 0 Å². The van der Waals surface area contributed by atoms with Crippen LogP contribution in [0.2, 0.25) is 0 Å². The van der Waals surface area contributed by atoms with Crippen LogP contribution in [0.3, 0.4) is 0 Å². The largest absolute Gasteiger partial charge is 0.516 e. The summed E-state index contributed by atoms with van der Waals surface area (Å²) in [5, 5.41) is 0. The maximum Gasteiger partial charge on any atom is 0.516 e. The first-order chi connectivity index (χ1) is 10.9. The summed E-state index contributed by atoms with van der Waals surface area (Å²) in [6.45, 7) is 1.03. The number of rotatable bonds is 8. The molecule has 0 bridgehead atoms. The summed E-state index contributed by atoms with van der Waals surface area (Å²) in [6, 6.07) is 17.2. The first-order valence-corrected chi connectivity index (χ1v) is 10.6. The SMILES string of the molecule is CP(=O)(O)O[P+](=O)CCCc1cccc(Oc2ccccc2)c1.[K].[K].[K]. The predicted molar refractivity (Wildman–Crippen MR) is 108 cm³/mol. The third-order valence-electron chi connectivity index (χ3n) is 2.93. The fourth-order valence-electron chi connectivity index (χ4n) is 2.01. The van der Waals surface area contributed by atoms with Crippen molar-refractivity contribution in [3.63, 3.8) is 0 Å². The molecule has 0 saturated heterocycles. The Morgan fingerprint density at radius 3 is 2.23 bits per heavy atom. The zero-order chi connectivity index (χ0) is 16.7. The van der Waals surface area contributed by atoms with E-state index in [1.165, 1.54) is 0 Å². The Balaban J connectivity index is 0. The summed E-state index contributed by atoms with van der Waals surface area (Å²) in [7, 11) is -5.79. The van der Waals surface area contributed by atoms with Crippen LogP contribution in [0.15, 0.2) is 54.6 Å². The minimum atomic E-state index is -3.68. The van der Waals surface area contributed by atoms with Gasteiger partial charge < -0.3 is 9.63 Å². The molecule has 2 unspecified atom stereocenters. The molecule has 3 radical (unpaired) electrons. The van der Waals surface area contributed by atoms with Crippen molar-refractivity contribution in [3.05, 3.63) is 60.2 Å². The van der Waals surface area contributed by atoms with Crippen LogP contribution < -0.4 is 4.74 Å². The minimum Gasteiger partial charge on any atom is -0.457 e. The van der Waals surface area contributed by atoms with Gasteiger partial charge in [-0.1, -0.05) is 34.6 Å². The number of benzene rings is 2. The summed E-state index contributed by atoms with van der Waals surface area (Å²) >= 11 is 0. The van der Waals surface area contributed by atoms with Crippen LogP contribution in [0.1, 0.15) is 12.0 Å². The van der Waals surface area contributed by atoms with Crippen molar-refractivity contribution in [3.8, 4) is 11.5 Å².